The summed E-state index contributed by atoms with van der Waals surface area (Å²) in [7, 11) is 1.62. The molecule has 3 rings (SSSR count). The fourth-order valence-electron chi connectivity index (χ4n) is 3.03. The number of methoxy groups -OCH3 is 1. The molecule has 2 aliphatic rings. The van der Waals surface area contributed by atoms with Crippen molar-refractivity contribution in [3.05, 3.63) is 41.1 Å². The van der Waals surface area contributed by atoms with Crippen LogP contribution in [0.4, 0.5) is 0 Å². The van der Waals surface area contributed by atoms with Gasteiger partial charge in [0.2, 0.25) is 5.91 Å². The van der Waals surface area contributed by atoms with Gasteiger partial charge in [-0.3, -0.25) is 9.59 Å². The van der Waals surface area contributed by atoms with Gasteiger partial charge in [-0.2, -0.15) is 0 Å². The maximum absolute atomic E-state index is 12.2. The number of nitrogens with one attached hydrogen (secondary N) is 1. The molecule has 104 valence electrons. The largest absolute Gasteiger partial charge is 0.497 e. The average molecular weight is 271 g/mol. The second-order valence-electron chi connectivity index (χ2n) is 5.25. The van der Waals surface area contributed by atoms with E-state index < -0.39 is 0 Å². The Bertz CT molecular complexity index is 586. The van der Waals surface area contributed by atoms with Crippen molar-refractivity contribution in [2.24, 2.45) is 0 Å². The zero-order valence-electron chi connectivity index (χ0n) is 11.4. The van der Waals surface area contributed by atoms with Crippen molar-refractivity contribution in [1.82, 2.24) is 5.32 Å². The van der Waals surface area contributed by atoms with Gasteiger partial charge in [0.1, 0.15) is 5.75 Å². The third-order valence-electron chi connectivity index (χ3n) is 4.00. The number of rotatable bonds is 2. The fraction of sp³-hybridized carbons (Fsp3) is 0.375. The molecule has 0 fully saturated rings. The van der Waals surface area contributed by atoms with Crippen LogP contribution in [-0.2, 0) is 9.59 Å². The summed E-state index contributed by atoms with van der Waals surface area (Å²) < 4.78 is 5.15. The minimum Gasteiger partial charge on any atom is -0.497 e. The van der Waals surface area contributed by atoms with E-state index in [-0.39, 0.29) is 17.6 Å². The van der Waals surface area contributed by atoms with Crippen LogP contribution in [0.15, 0.2) is 35.5 Å². The highest BCUT2D eigenvalue weighted by Crippen LogP contribution is 2.38. The number of benzene rings is 1. The molecular weight excluding hydrogens is 254 g/mol. The molecule has 0 saturated carbocycles. The number of allylic oxidation sites excluding steroid dienone is 2. The van der Waals surface area contributed by atoms with Crippen LogP contribution in [0, 0.1) is 0 Å². The first kappa shape index (κ1) is 12.9. The lowest BCUT2D eigenvalue weighted by Gasteiger charge is -2.31. The van der Waals surface area contributed by atoms with Gasteiger partial charge in [-0.25, -0.2) is 0 Å². The van der Waals surface area contributed by atoms with E-state index in [1.54, 1.807) is 7.11 Å². The Labute approximate surface area is 117 Å². The zero-order chi connectivity index (χ0) is 14.1. The molecule has 4 nitrogen and oxygen atoms in total. The predicted molar refractivity (Wildman–Crippen MR) is 74.4 cm³/mol. The van der Waals surface area contributed by atoms with Crippen LogP contribution in [0.2, 0.25) is 0 Å². The Hall–Kier alpha value is -2.10. The van der Waals surface area contributed by atoms with E-state index >= 15 is 0 Å². The summed E-state index contributed by atoms with van der Waals surface area (Å²) in [5.41, 5.74) is 2.64. The maximum atomic E-state index is 12.2. The van der Waals surface area contributed by atoms with Crippen molar-refractivity contribution in [2.45, 2.75) is 31.6 Å². The molecule has 1 unspecified atom stereocenters. The highest BCUT2D eigenvalue weighted by atomic mass is 16.5. The van der Waals surface area contributed by atoms with Crippen molar-refractivity contribution in [3.8, 4) is 5.75 Å². The van der Waals surface area contributed by atoms with Crippen molar-refractivity contribution >= 4 is 11.7 Å². The standard InChI is InChI=1S/C16H17NO3/c1-20-11-7-5-10(6-8-11)12-9-15(19)17-13-3-2-4-14(18)16(12)13/h5-8,12H,2-4,9H2,1H3,(H,17,19). The normalized spacial score (nSPS) is 22.4. The van der Waals surface area contributed by atoms with E-state index in [9.17, 15) is 9.59 Å². The minimum atomic E-state index is -0.113. The second-order valence-corrected chi connectivity index (χ2v) is 5.25. The van der Waals surface area contributed by atoms with Gasteiger partial charge in [-0.1, -0.05) is 12.1 Å². The molecule has 0 aromatic heterocycles. The van der Waals surface area contributed by atoms with Crippen LogP contribution in [0.5, 0.6) is 5.75 Å². The zero-order valence-corrected chi connectivity index (χ0v) is 11.4. The number of carbonyl (C=O) groups is 2. The summed E-state index contributed by atoms with van der Waals surface area (Å²) in [4.78, 5) is 24.1. The molecule has 4 heteroatoms. The first-order valence-corrected chi connectivity index (χ1v) is 6.89. The molecule has 0 spiro atoms. The van der Waals surface area contributed by atoms with Crippen LogP contribution in [0.25, 0.3) is 0 Å². The molecule has 1 atom stereocenters. The van der Waals surface area contributed by atoms with E-state index in [0.717, 1.165) is 35.4 Å². The molecule has 0 radical (unpaired) electrons. The number of Topliss-reactive ketones (excluding diaryl/α,β-unsaturated/α-hetero) is 1. The SMILES string of the molecule is COc1ccc(C2CC(=O)NC3=C2C(=O)CCC3)cc1. The summed E-state index contributed by atoms with van der Waals surface area (Å²) in [6.45, 7) is 0. The molecule has 0 saturated heterocycles. The van der Waals surface area contributed by atoms with Crippen molar-refractivity contribution < 1.29 is 14.3 Å². The molecule has 1 heterocycles. The fourth-order valence-corrected chi connectivity index (χ4v) is 3.03. The van der Waals surface area contributed by atoms with E-state index in [1.165, 1.54) is 0 Å². The second kappa shape index (κ2) is 5.12. The van der Waals surface area contributed by atoms with Crippen LogP contribution in [0.3, 0.4) is 0 Å². The van der Waals surface area contributed by atoms with Crippen molar-refractivity contribution in [1.29, 1.82) is 0 Å². The van der Waals surface area contributed by atoms with E-state index in [0.29, 0.717) is 12.8 Å². The van der Waals surface area contributed by atoms with E-state index in [4.69, 9.17) is 4.74 Å². The molecule has 0 bridgehead atoms. The molecule has 1 aromatic rings. The van der Waals surface area contributed by atoms with Crippen LogP contribution < -0.4 is 10.1 Å². The number of ketones is 1. The minimum absolute atomic E-state index is 0.000678. The highest BCUT2D eigenvalue weighted by Gasteiger charge is 2.34. The van der Waals surface area contributed by atoms with Crippen LogP contribution in [-0.4, -0.2) is 18.8 Å². The van der Waals surface area contributed by atoms with Crippen molar-refractivity contribution in [2.75, 3.05) is 7.11 Å². The van der Waals surface area contributed by atoms with Gasteiger partial charge in [0.15, 0.2) is 5.78 Å². The number of hydrogen-bond donors (Lipinski definition) is 1. The lowest BCUT2D eigenvalue weighted by molar-refractivity contribution is -0.122. The molecule has 1 N–H and O–H groups in total. The van der Waals surface area contributed by atoms with Gasteiger partial charge in [-0.05, 0) is 30.5 Å². The third-order valence-corrected chi connectivity index (χ3v) is 4.00. The van der Waals surface area contributed by atoms with E-state index in [2.05, 4.69) is 5.32 Å². The number of amides is 1. The topological polar surface area (TPSA) is 55.4 Å². The van der Waals surface area contributed by atoms with Crippen molar-refractivity contribution in [3.63, 3.8) is 0 Å². The molecule has 20 heavy (non-hydrogen) atoms. The lowest BCUT2D eigenvalue weighted by Crippen LogP contribution is -2.36. The highest BCUT2D eigenvalue weighted by molar-refractivity contribution is 6.01. The third kappa shape index (κ3) is 2.22. The Morgan fingerprint density at radius 2 is 1.90 bits per heavy atom. The van der Waals surface area contributed by atoms with Gasteiger partial charge in [0, 0.05) is 30.0 Å². The molecule has 1 aliphatic heterocycles. The van der Waals surface area contributed by atoms with Gasteiger partial charge in [-0.15, -0.1) is 0 Å². The quantitative estimate of drug-likeness (QED) is 0.898. The predicted octanol–water partition coefficient (Wildman–Crippen LogP) is 2.31. The van der Waals surface area contributed by atoms with Crippen LogP contribution in [0.1, 0.15) is 37.2 Å². The average Bonchev–Trinajstić information content (AvgIpc) is 2.46. The summed E-state index contributed by atoms with van der Waals surface area (Å²) in [5.74, 6) is 0.835. The van der Waals surface area contributed by atoms with E-state index in [1.807, 2.05) is 24.3 Å². The smallest absolute Gasteiger partial charge is 0.225 e. The lowest BCUT2D eigenvalue weighted by atomic mass is 9.78. The first-order chi connectivity index (χ1) is 9.69. The van der Waals surface area contributed by atoms with Gasteiger partial charge < -0.3 is 10.1 Å². The van der Waals surface area contributed by atoms with Gasteiger partial charge >= 0.3 is 0 Å². The molecule has 1 aromatic carbocycles. The monoisotopic (exact) mass is 271 g/mol. The van der Waals surface area contributed by atoms with Crippen LogP contribution >= 0.6 is 0 Å². The number of hydrogen-bond acceptors (Lipinski definition) is 3. The number of carbonyl (C=O) groups excluding carboxylic acids is 2. The first-order valence-electron chi connectivity index (χ1n) is 6.89. The van der Waals surface area contributed by atoms with Gasteiger partial charge in [0.25, 0.3) is 0 Å². The molecule has 1 aliphatic carbocycles. The van der Waals surface area contributed by atoms with Gasteiger partial charge in [0.05, 0.1) is 7.11 Å². The maximum Gasteiger partial charge on any atom is 0.225 e. The number of ether oxygens (including phenoxy) is 1. The summed E-state index contributed by atoms with van der Waals surface area (Å²) in [6.07, 6.45) is 2.55. The molecule has 1 amide bonds. The Balaban J connectivity index is 2.01. The Morgan fingerprint density at radius 3 is 2.60 bits per heavy atom. The Morgan fingerprint density at radius 1 is 1.15 bits per heavy atom. The summed E-state index contributed by atoms with van der Waals surface area (Å²) >= 11 is 0. The summed E-state index contributed by atoms with van der Waals surface area (Å²) in [6, 6.07) is 7.62. The summed E-state index contributed by atoms with van der Waals surface area (Å²) in [5, 5.41) is 2.87. The molecular formula is C16H17NO3. The Kier molecular flexibility index (Phi) is 3.30.